The largest absolute Gasteiger partial charge is 0.330 e. The smallest absolute Gasteiger partial charge is 0.00115 e. The Hall–Kier alpha value is -1.08. The van der Waals surface area contributed by atoms with Crippen LogP contribution in [0.5, 0.6) is 0 Å². The lowest BCUT2D eigenvalue weighted by Crippen LogP contribution is -2.18. The molecule has 1 atom stereocenters. The van der Waals surface area contributed by atoms with Crippen LogP contribution in [0.15, 0.2) is 47.1 Å². The van der Waals surface area contributed by atoms with Gasteiger partial charge in [-0.1, -0.05) is 56.7 Å². The average Bonchev–Trinajstić information content (AvgIpc) is 2.40. The molecule has 2 aliphatic rings. The molecule has 104 valence electrons. The molecule has 0 aromatic rings. The lowest BCUT2D eigenvalue weighted by atomic mass is 9.77. The number of rotatable bonds is 4. The molecule has 0 aromatic heterocycles. The van der Waals surface area contributed by atoms with Crippen LogP contribution >= 0.6 is 0 Å². The fraction of sp³-hybridized carbons (Fsp3) is 0.556. The molecule has 0 aliphatic heterocycles. The molecule has 0 aromatic carbocycles. The Labute approximate surface area is 118 Å². The highest BCUT2D eigenvalue weighted by Crippen LogP contribution is 2.37. The van der Waals surface area contributed by atoms with Crippen LogP contribution in [0, 0.1) is 11.3 Å². The molecule has 0 radical (unpaired) electrons. The van der Waals surface area contributed by atoms with Crippen molar-refractivity contribution in [2.24, 2.45) is 17.1 Å². The summed E-state index contributed by atoms with van der Waals surface area (Å²) in [7, 11) is 0. The third-order valence-electron chi connectivity index (χ3n) is 4.39. The summed E-state index contributed by atoms with van der Waals surface area (Å²) in [6, 6.07) is 0. The second-order valence-corrected chi connectivity index (χ2v) is 6.49. The van der Waals surface area contributed by atoms with Gasteiger partial charge in [-0.2, -0.15) is 0 Å². The van der Waals surface area contributed by atoms with E-state index in [1.165, 1.54) is 24.0 Å². The maximum absolute atomic E-state index is 5.85. The summed E-state index contributed by atoms with van der Waals surface area (Å²) in [5.41, 5.74) is 10.7. The van der Waals surface area contributed by atoms with Gasteiger partial charge in [0.25, 0.3) is 0 Å². The van der Waals surface area contributed by atoms with Crippen molar-refractivity contribution >= 4 is 0 Å². The van der Waals surface area contributed by atoms with Crippen LogP contribution in [0.1, 0.15) is 46.5 Å². The van der Waals surface area contributed by atoms with Gasteiger partial charge in [0.15, 0.2) is 0 Å². The lowest BCUT2D eigenvalue weighted by Gasteiger charge is -2.28. The van der Waals surface area contributed by atoms with Crippen LogP contribution in [0.4, 0.5) is 0 Å². The second-order valence-electron chi connectivity index (χ2n) is 6.49. The maximum atomic E-state index is 5.85. The van der Waals surface area contributed by atoms with E-state index in [2.05, 4.69) is 51.2 Å². The van der Waals surface area contributed by atoms with Crippen molar-refractivity contribution in [1.29, 1.82) is 0 Å². The number of hydrogen-bond acceptors (Lipinski definition) is 1. The van der Waals surface area contributed by atoms with E-state index in [0.29, 0.717) is 11.3 Å². The molecule has 2 N–H and O–H groups in total. The number of nitrogens with two attached hydrogens (primary N) is 1. The Balaban J connectivity index is 2.12. The first kappa shape index (κ1) is 14.3. The fourth-order valence-corrected chi connectivity index (χ4v) is 3.10. The molecule has 0 bridgehead atoms. The van der Waals surface area contributed by atoms with Crippen LogP contribution in [0.3, 0.4) is 0 Å². The van der Waals surface area contributed by atoms with Crippen molar-refractivity contribution in [3.8, 4) is 0 Å². The fourth-order valence-electron chi connectivity index (χ4n) is 3.10. The molecule has 0 amide bonds. The van der Waals surface area contributed by atoms with Gasteiger partial charge < -0.3 is 5.73 Å². The van der Waals surface area contributed by atoms with Gasteiger partial charge in [-0.15, -0.1) is 0 Å². The molecule has 2 aliphatic carbocycles. The van der Waals surface area contributed by atoms with E-state index in [0.717, 1.165) is 19.4 Å². The van der Waals surface area contributed by atoms with Crippen LogP contribution in [-0.2, 0) is 0 Å². The highest BCUT2D eigenvalue weighted by molar-refractivity contribution is 5.42. The van der Waals surface area contributed by atoms with Crippen molar-refractivity contribution in [1.82, 2.24) is 0 Å². The summed E-state index contributed by atoms with van der Waals surface area (Å²) < 4.78 is 0. The third-order valence-corrected chi connectivity index (χ3v) is 4.39. The molecule has 0 heterocycles. The van der Waals surface area contributed by atoms with Crippen molar-refractivity contribution in [2.45, 2.75) is 46.5 Å². The minimum atomic E-state index is 0.304. The predicted octanol–water partition coefficient (Wildman–Crippen LogP) is 4.53. The summed E-state index contributed by atoms with van der Waals surface area (Å²) in [6.07, 6.45) is 16.1. The Bertz CT molecular complexity index is 442. The average molecular weight is 257 g/mol. The Morgan fingerprint density at radius 1 is 1.16 bits per heavy atom. The SMILES string of the molecule is CCC(CN)C1=CC=C(C2=CC=CC(C)(C)C2)CC1. The molecule has 0 saturated heterocycles. The van der Waals surface area contributed by atoms with Gasteiger partial charge >= 0.3 is 0 Å². The summed E-state index contributed by atoms with van der Waals surface area (Å²) in [5, 5.41) is 0. The molecule has 0 spiro atoms. The standard InChI is InChI=1S/C18H27N/c1-4-14(13-19)15-7-9-16(10-8-15)17-6-5-11-18(2,3)12-17/h5-7,9,11,14H,4,8,10,12-13,19H2,1-3H3. The summed E-state index contributed by atoms with van der Waals surface area (Å²) in [5.74, 6) is 0.578. The molecular weight excluding hydrogens is 230 g/mol. The summed E-state index contributed by atoms with van der Waals surface area (Å²) >= 11 is 0. The molecule has 2 rings (SSSR count). The summed E-state index contributed by atoms with van der Waals surface area (Å²) in [6.45, 7) is 7.63. The Morgan fingerprint density at radius 2 is 1.95 bits per heavy atom. The monoisotopic (exact) mass is 257 g/mol. The van der Waals surface area contributed by atoms with Crippen LogP contribution < -0.4 is 5.73 Å². The maximum Gasteiger partial charge on any atom is -0.00115 e. The Morgan fingerprint density at radius 3 is 2.47 bits per heavy atom. The van der Waals surface area contributed by atoms with E-state index in [1.807, 2.05) is 0 Å². The van der Waals surface area contributed by atoms with Crippen molar-refractivity contribution in [3.63, 3.8) is 0 Å². The first-order chi connectivity index (χ1) is 9.05. The van der Waals surface area contributed by atoms with Crippen molar-refractivity contribution < 1.29 is 0 Å². The van der Waals surface area contributed by atoms with Crippen molar-refractivity contribution in [3.05, 3.63) is 47.1 Å². The van der Waals surface area contributed by atoms with E-state index >= 15 is 0 Å². The van der Waals surface area contributed by atoms with Crippen LogP contribution in [-0.4, -0.2) is 6.54 Å². The van der Waals surface area contributed by atoms with Gasteiger partial charge in [0.05, 0.1) is 0 Å². The quantitative estimate of drug-likeness (QED) is 0.786. The van der Waals surface area contributed by atoms with Crippen LogP contribution in [0.25, 0.3) is 0 Å². The highest BCUT2D eigenvalue weighted by Gasteiger charge is 2.22. The minimum Gasteiger partial charge on any atom is -0.330 e. The van der Waals surface area contributed by atoms with Crippen LogP contribution in [0.2, 0.25) is 0 Å². The number of hydrogen-bond donors (Lipinski definition) is 1. The van der Waals surface area contributed by atoms with E-state index < -0.39 is 0 Å². The van der Waals surface area contributed by atoms with Gasteiger partial charge in [0, 0.05) is 0 Å². The normalized spacial score (nSPS) is 23.5. The molecule has 0 saturated carbocycles. The highest BCUT2D eigenvalue weighted by atomic mass is 14.5. The van der Waals surface area contributed by atoms with Gasteiger partial charge in [-0.3, -0.25) is 0 Å². The Kier molecular flexibility index (Phi) is 4.46. The first-order valence-electron chi connectivity index (χ1n) is 7.54. The van der Waals surface area contributed by atoms with Crippen molar-refractivity contribution in [2.75, 3.05) is 6.54 Å². The predicted molar refractivity (Wildman–Crippen MR) is 83.9 cm³/mol. The third kappa shape index (κ3) is 3.48. The lowest BCUT2D eigenvalue weighted by molar-refractivity contribution is 0.470. The summed E-state index contributed by atoms with van der Waals surface area (Å²) in [4.78, 5) is 0. The zero-order valence-electron chi connectivity index (χ0n) is 12.6. The molecule has 0 fully saturated rings. The molecular formula is C18H27N. The van der Waals surface area contributed by atoms with E-state index in [4.69, 9.17) is 5.73 Å². The second kappa shape index (κ2) is 5.92. The zero-order chi connectivity index (χ0) is 13.9. The first-order valence-corrected chi connectivity index (χ1v) is 7.54. The topological polar surface area (TPSA) is 26.0 Å². The van der Waals surface area contributed by atoms with Gasteiger partial charge in [-0.05, 0) is 54.7 Å². The molecule has 19 heavy (non-hydrogen) atoms. The minimum absolute atomic E-state index is 0.304. The van der Waals surface area contributed by atoms with Gasteiger partial charge in [0.1, 0.15) is 0 Å². The van der Waals surface area contributed by atoms with Gasteiger partial charge in [-0.25, -0.2) is 0 Å². The molecule has 1 unspecified atom stereocenters. The van der Waals surface area contributed by atoms with E-state index in [9.17, 15) is 0 Å². The van der Waals surface area contributed by atoms with Gasteiger partial charge in [0.2, 0.25) is 0 Å². The number of allylic oxidation sites excluding steroid dienone is 7. The molecule has 1 heteroatoms. The van der Waals surface area contributed by atoms with E-state index in [-0.39, 0.29) is 0 Å². The zero-order valence-corrected chi connectivity index (χ0v) is 12.6. The van der Waals surface area contributed by atoms with E-state index in [1.54, 1.807) is 5.57 Å². The molecule has 1 nitrogen and oxygen atoms in total.